The van der Waals surface area contributed by atoms with Crippen LogP contribution in [0.2, 0.25) is 0 Å². The van der Waals surface area contributed by atoms with Gasteiger partial charge in [-0.25, -0.2) is 4.79 Å². The molecule has 4 heteroatoms. The lowest BCUT2D eigenvalue weighted by Crippen LogP contribution is -2.51. The third-order valence-corrected chi connectivity index (χ3v) is 11.4. The molecule has 4 nitrogen and oxygen atoms in total. The summed E-state index contributed by atoms with van der Waals surface area (Å²) < 4.78 is 10.7. The maximum atomic E-state index is 12.3. The van der Waals surface area contributed by atoms with Crippen molar-refractivity contribution in [2.75, 3.05) is 0 Å². The van der Waals surface area contributed by atoms with Gasteiger partial charge < -0.3 is 9.47 Å². The van der Waals surface area contributed by atoms with Crippen LogP contribution in [0, 0.1) is 46.3 Å². The monoisotopic (exact) mass is 484 g/mol. The van der Waals surface area contributed by atoms with E-state index in [2.05, 4.69) is 40.7 Å². The second-order valence-corrected chi connectivity index (χ2v) is 13.8. The molecule has 1 heterocycles. The van der Waals surface area contributed by atoms with Crippen LogP contribution in [-0.4, -0.2) is 24.1 Å². The van der Waals surface area contributed by atoms with Gasteiger partial charge in [0.25, 0.3) is 0 Å². The summed E-state index contributed by atoms with van der Waals surface area (Å²) >= 11 is 0. The molecule has 3 saturated carbocycles. The molecule has 0 unspecified atom stereocenters. The lowest BCUT2D eigenvalue weighted by Gasteiger charge is -2.58. The van der Waals surface area contributed by atoms with Crippen molar-refractivity contribution in [3.8, 4) is 0 Å². The highest BCUT2D eigenvalue weighted by Gasteiger charge is 2.59. The van der Waals surface area contributed by atoms with E-state index >= 15 is 0 Å². The van der Waals surface area contributed by atoms with Gasteiger partial charge in [0.15, 0.2) is 0 Å². The van der Waals surface area contributed by atoms with Crippen LogP contribution in [0.3, 0.4) is 0 Å². The fourth-order valence-electron chi connectivity index (χ4n) is 9.42. The molecular weight excluding hydrogens is 436 g/mol. The Balaban J connectivity index is 1.24. The van der Waals surface area contributed by atoms with Gasteiger partial charge in [-0.1, -0.05) is 65.5 Å². The summed E-state index contributed by atoms with van der Waals surface area (Å²) in [6.07, 6.45) is 15.9. The van der Waals surface area contributed by atoms with Gasteiger partial charge in [0.2, 0.25) is 6.10 Å². The van der Waals surface area contributed by atoms with Gasteiger partial charge in [-0.3, -0.25) is 4.79 Å². The van der Waals surface area contributed by atoms with Crippen molar-refractivity contribution in [2.24, 2.45) is 46.3 Å². The topological polar surface area (TPSA) is 52.6 Å². The second-order valence-electron chi connectivity index (χ2n) is 13.8. The van der Waals surface area contributed by atoms with Gasteiger partial charge in [-0.15, -0.1) is 0 Å². The fourth-order valence-corrected chi connectivity index (χ4v) is 9.42. The van der Waals surface area contributed by atoms with E-state index in [1.807, 2.05) is 0 Å². The van der Waals surface area contributed by atoms with Crippen LogP contribution >= 0.6 is 0 Å². The van der Waals surface area contributed by atoms with Crippen molar-refractivity contribution in [2.45, 2.75) is 124 Å². The summed E-state index contributed by atoms with van der Waals surface area (Å²) in [5.74, 6) is 4.40. The van der Waals surface area contributed by atoms with E-state index in [0.29, 0.717) is 5.41 Å². The minimum atomic E-state index is -0.667. The van der Waals surface area contributed by atoms with E-state index in [4.69, 9.17) is 9.47 Å². The Labute approximate surface area is 213 Å². The number of allylic oxidation sites excluding steroid dienone is 1. The lowest BCUT2D eigenvalue weighted by molar-refractivity contribution is -0.189. The van der Waals surface area contributed by atoms with Gasteiger partial charge in [0, 0.05) is 6.42 Å². The average molecular weight is 485 g/mol. The summed E-state index contributed by atoms with van der Waals surface area (Å²) in [5.41, 5.74) is 2.32. The molecule has 0 bridgehead atoms. The molecule has 1 saturated heterocycles. The minimum Gasteiger partial charge on any atom is -0.459 e. The Morgan fingerprint density at radius 2 is 1.83 bits per heavy atom. The number of hydrogen-bond donors (Lipinski definition) is 0. The van der Waals surface area contributed by atoms with Gasteiger partial charge in [-0.2, -0.15) is 0 Å². The highest BCUT2D eigenvalue weighted by molar-refractivity contribution is 5.89. The van der Waals surface area contributed by atoms with Crippen LogP contribution in [0.25, 0.3) is 0 Å². The molecule has 5 rings (SSSR count). The number of rotatable bonds is 7. The highest BCUT2D eigenvalue weighted by atomic mass is 16.6. The standard InChI is InChI=1S/C31H48O4/c1-19(2)7-6-8-20(3)24-11-12-25-23-10-9-21-17-22(34-29(33)27-18-28(32)35-27)13-15-30(21,4)26(23)14-16-31(24,25)5/h9,19-20,22-27H,6-8,10-18H2,1-5H3/t20-,22+,23+,24-,25+,26+,27-,30+,31-/m1/s1. The number of fused-ring (bicyclic) bond motifs is 5. The number of carbonyl (C=O) groups is 2. The fraction of sp³-hybridized carbons (Fsp3) is 0.871. The van der Waals surface area contributed by atoms with Crippen molar-refractivity contribution in [3.05, 3.63) is 11.6 Å². The molecule has 0 radical (unpaired) electrons. The molecule has 0 N–H and O–H groups in total. The molecule has 1 aliphatic heterocycles. The zero-order chi connectivity index (χ0) is 25.0. The quantitative estimate of drug-likeness (QED) is 0.282. The molecule has 35 heavy (non-hydrogen) atoms. The van der Waals surface area contributed by atoms with Crippen LogP contribution in [-0.2, 0) is 19.1 Å². The Bertz CT molecular complexity index is 852. The van der Waals surface area contributed by atoms with Crippen molar-refractivity contribution >= 4 is 11.9 Å². The van der Waals surface area contributed by atoms with Crippen LogP contribution in [0.1, 0.15) is 112 Å². The number of esters is 2. The highest BCUT2D eigenvalue weighted by Crippen LogP contribution is 2.67. The molecule has 0 aromatic rings. The van der Waals surface area contributed by atoms with E-state index in [0.717, 1.165) is 54.8 Å². The van der Waals surface area contributed by atoms with Crippen LogP contribution in [0.4, 0.5) is 0 Å². The van der Waals surface area contributed by atoms with Crippen molar-refractivity contribution in [1.29, 1.82) is 0 Å². The van der Waals surface area contributed by atoms with Crippen molar-refractivity contribution < 1.29 is 19.1 Å². The molecule has 9 atom stereocenters. The SMILES string of the molecule is CC(C)CCC[C@@H](C)[C@H]1CC[C@H]2[C@@H]3CC=C4C[C@@H](OC(=O)[C@H]5CC(=O)O5)CC[C@]4(C)[C@H]3CC[C@]12C. The molecule has 0 spiro atoms. The largest absolute Gasteiger partial charge is 0.459 e. The van der Waals surface area contributed by atoms with Crippen molar-refractivity contribution in [3.63, 3.8) is 0 Å². The molecule has 4 fully saturated rings. The molecule has 4 aliphatic carbocycles. The first-order chi connectivity index (χ1) is 16.6. The minimum absolute atomic E-state index is 0.0610. The van der Waals surface area contributed by atoms with Gasteiger partial charge >= 0.3 is 11.9 Å². The first kappa shape index (κ1) is 25.3. The summed E-state index contributed by atoms with van der Waals surface area (Å²) in [4.78, 5) is 23.4. The first-order valence-corrected chi connectivity index (χ1v) is 14.7. The number of cyclic esters (lactones) is 1. The Kier molecular flexibility index (Phi) is 6.89. The first-order valence-electron chi connectivity index (χ1n) is 14.7. The normalized spacial score (nSPS) is 43.3. The summed E-state index contributed by atoms with van der Waals surface area (Å²) in [6.45, 7) is 12.4. The van der Waals surface area contributed by atoms with E-state index in [-0.39, 0.29) is 29.9 Å². The van der Waals surface area contributed by atoms with Gasteiger partial charge in [0.05, 0.1) is 6.42 Å². The average Bonchev–Trinajstić information content (AvgIpc) is 3.14. The second kappa shape index (κ2) is 9.53. The molecule has 196 valence electrons. The lowest BCUT2D eigenvalue weighted by atomic mass is 9.47. The summed E-state index contributed by atoms with van der Waals surface area (Å²) in [6, 6.07) is 0. The smallest absolute Gasteiger partial charge is 0.348 e. The third-order valence-electron chi connectivity index (χ3n) is 11.4. The van der Waals surface area contributed by atoms with Crippen LogP contribution < -0.4 is 0 Å². The van der Waals surface area contributed by atoms with E-state index < -0.39 is 6.10 Å². The third kappa shape index (κ3) is 4.50. The zero-order valence-electron chi connectivity index (χ0n) is 22.8. The molecule has 5 aliphatic rings. The van der Waals surface area contributed by atoms with Crippen LogP contribution in [0.15, 0.2) is 11.6 Å². The molecule has 0 aromatic heterocycles. The number of carbonyl (C=O) groups excluding carboxylic acids is 2. The maximum absolute atomic E-state index is 12.3. The Morgan fingerprint density at radius 3 is 2.54 bits per heavy atom. The Hall–Kier alpha value is -1.32. The summed E-state index contributed by atoms with van der Waals surface area (Å²) in [5, 5.41) is 0. The van der Waals surface area contributed by atoms with Crippen molar-refractivity contribution in [1.82, 2.24) is 0 Å². The predicted molar refractivity (Wildman–Crippen MR) is 137 cm³/mol. The van der Waals surface area contributed by atoms with E-state index in [9.17, 15) is 9.59 Å². The molecule has 0 amide bonds. The molecular formula is C31H48O4. The van der Waals surface area contributed by atoms with E-state index in [1.54, 1.807) is 0 Å². The number of ether oxygens (including phenoxy) is 2. The summed E-state index contributed by atoms with van der Waals surface area (Å²) in [7, 11) is 0. The van der Waals surface area contributed by atoms with E-state index in [1.165, 1.54) is 56.9 Å². The molecule has 0 aromatic carbocycles. The maximum Gasteiger partial charge on any atom is 0.348 e. The predicted octanol–water partition coefficient (Wildman–Crippen LogP) is 7.26. The zero-order valence-corrected chi connectivity index (χ0v) is 22.8. The van der Waals surface area contributed by atoms with Gasteiger partial charge in [-0.05, 0) is 91.3 Å². The van der Waals surface area contributed by atoms with Crippen LogP contribution in [0.5, 0.6) is 0 Å². The number of hydrogen-bond acceptors (Lipinski definition) is 4. The van der Waals surface area contributed by atoms with Gasteiger partial charge in [0.1, 0.15) is 6.10 Å². The Morgan fingerprint density at radius 1 is 1.06 bits per heavy atom.